The Balaban J connectivity index is 1.69. The maximum absolute atomic E-state index is 12.6. The predicted octanol–water partition coefficient (Wildman–Crippen LogP) is 1.32. The molecule has 0 saturated heterocycles. The molecule has 158 valence electrons. The van der Waals surface area contributed by atoms with Gasteiger partial charge >= 0.3 is 0 Å². The minimum absolute atomic E-state index is 0.0801. The van der Waals surface area contributed by atoms with Gasteiger partial charge in [0.25, 0.3) is 5.91 Å². The fraction of sp³-hybridized carbons (Fsp3) is 0.190. The lowest BCUT2D eigenvalue weighted by molar-refractivity contribution is 0.0802. The van der Waals surface area contributed by atoms with Gasteiger partial charge in [-0.2, -0.15) is 0 Å². The molecule has 31 heavy (non-hydrogen) atoms. The number of carbonyl (C=O) groups is 1. The second kappa shape index (κ2) is 8.86. The van der Waals surface area contributed by atoms with Crippen molar-refractivity contribution in [1.82, 2.24) is 29.9 Å². The molecule has 4 aromatic rings. The van der Waals surface area contributed by atoms with Crippen LogP contribution in [0.15, 0.2) is 55.0 Å². The van der Waals surface area contributed by atoms with E-state index in [-0.39, 0.29) is 12.1 Å². The number of hydrogen-bond donors (Lipinski definition) is 4. The molecular formula is C21H21N7O3. The summed E-state index contributed by atoms with van der Waals surface area (Å²) in [5, 5.41) is 28.7. The summed E-state index contributed by atoms with van der Waals surface area (Å²) < 4.78 is 1.69. The van der Waals surface area contributed by atoms with Crippen molar-refractivity contribution in [3.05, 3.63) is 66.2 Å². The highest BCUT2D eigenvalue weighted by atomic mass is 16.3. The van der Waals surface area contributed by atoms with Crippen LogP contribution in [0.2, 0.25) is 0 Å². The van der Waals surface area contributed by atoms with Gasteiger partial charge in [-0.1, -0.05) is 6.07 Å². The topological polar surface area (TPSA) is 138 Å². The third-order valence-electron chi connectivity index (χ3n) is 4.54. The van der Waals surface area contributed by atoms with E-state index < -0.39 is 18.6 Å². The van der Waals surface area contributed by atoms with E-state index in [1.807, 2.05) is 37.3 Å². The van der Waals surface area contributed by atoms with Crippen LogP contribution in [-0.2, 0) is 0 Å². The van der Waals surface area contributed by atoms with E-state index in [0.717, 1.165) is 11.2 Å². The largest absolute Gasteiger partial charge is 0.394 e. The summed E-state index contributed by atoms with van der Waals surface area (Å²) in [6.07, 6.45) is 3.74. The smallest absolute Gasteiger partial charge is 0.255 e. The van der Waals surface area contributed by atoms with E-state index in [4.69, 9.17) is 5.11 Å². The molecule has 0 radical (unpaired) electrons. The lowest BCUT2D eigenvalue weighted by Crippen LogP contribution is -2.34. The van der Waals surface area contributed by atoms with Crippen LogP contribution in [0.3, 0.4) is 0 Å². The van der Waals surface area contributed by atoms with Crippen LogP contribution in [0, 0.1) is 6.92 Å². The van der Waals surface area contributed by atoms with Gasteiger partial charge < -0.3 is 20.8 Å². The number of aromatic nitrogens is 5. The number of anilines is 2. The second-order valence-electron chi connectivity index (χ2n) is 6.88. The minimum atomic E-state index is -1.04. The first-order valence-electron chi connectivity index (χ1n) is 9.62. The van der Waals surface area contributed by atoms with Crippen LogP contribution in [0.25, 0.3) is 17.0 Å². The summed E-state index contributed by atoms with van der Waals surface area (Å²) in [6, 6.07) is 11.0. The van der Waals surface area contributed by atoms with Gasteiger partial charge in [0.05, 0.1) is 24.0 Å². The molecule has 0 bridgehead atoms. The SMILES string of the molecule is Cc1cccc(-c2nc(Nc3ccncc3C(=O)NC[C@H](O)CO)c3cccn3n2)n1. The number of aryl methyl sites for hydroxylation is 1. The number of fused-ring (bicyclic) bond motifs is 1. The molecule has 0 spiro atoms. The number of pyridine rings is 2. The summed E-state index contributed by atoms with van der Waals surface area (Å²) in [5.41, 5.74) is 2.95. The van der Waals surface area contributed by atoms with Crippen LogP contribution >= 0.6 is 0 Å². The predicted molar refractivity (Wildman–Crippen MR) is 114 cm³/mol. The summed E-state index contributed by atoms with van der Waals surface area (Å²) in [4.78, 5) is 25.7. The van der Waals surface area contributed by atoms with E-state index in [9.17, 15) is 9.90 Å². The van der Waals surface area contributed by atoms with Crippen LogP contribution in [0.5, 0.6) is 0 Å². The normalized spacial score (nSPS) is 12.0. The summed E-state index contributed by atoms with van der Waals surface area (Å²) >= 11 is 0. The lowest BCUT2D eigenvalue weighted by Gasteiger charge is -2.14. The Hall–Kier alpha value is -3.89. The van der Waals surface area contributed by atoms with Gasteiger partial charge in [0.2, 0.25) is 5.82 Å². The molecule has 10 nitrogen and oxygen atoms in total. The molecule has 0 unspecified atom stereocenters. The molecule has 0 aliphatic rings. The number of hydrogen-bond acceptors (Lipinski definition) is 8. The third kappa shape index (κ3) is 4.49. The van der Waals surface area contributed by atoms with Crippen molar-refractivity contribution in [3.8, 4) is 11.5 Å². The average Bonchev–Trinajstić information content (AvgIpc) is 3.26. The Kier molecular flexibility index (Phi) is 5.83. The number of nitrogens with zero attached hydrogens (tertiary/aromatic N) is 5. The maximum Gasteiger partial charge on any atom is 0.255 e. The Bertz CT molecular complexity index is 1220. The second-order valence-corrected chi connectivity index (χ2v) is 6.88. The van der Waals surface area contributed by atoms with Crippen molar-refractivity contribution in [1.29, 1.82) is 0 Å². The van der Waals surface area contributed by atoms with Gasteiger partial charge in [-0.25, -0.2) is 14.5 Å². The molecule has 4 heterocycles. The zero-order chi connectivity index (χ0) is 21.8. The number of amides is 1. The quantitative estimate of drug-likeness (QED) is 0.352. The van der Waals surface area contributed by atoms with E-state index >= 15 is 0 Å². The van der Waals surface area contributed by atoms with Gasteiger partial charge in [0.15, 0.2) is 5.82 Å². The molecule has 10 heteroatoms. The van der Waals surface area contributed by atoms with Crippen LogP contribution in [0.1, 0.15) is 16.1 Å². The van der Waals surface area contributed by atoms with E-state index in [2.05, 4.69) is 30.7 Å². The zero-order valence-corrected chi connectivity index (χ0v) is 16.7. The number of carbonyl (C=O) groups excluding carboxylic acids is 1. The first-order chi connectivity index (χ1) is 15.0. The van der Waals surface area contributed by atoms with Gasteiger partial charge in [0, 0.05) is 30.8 Å². The highest BCUT2D eigenvalue weighted by Gasteiger charge is 2.16. The highest BCUT2D eigenvalue weighted by Crippen LogP contribution is 2.25. The minimum Gasteiger partial charge on any atom is -0.394 e. The van der Waals surface area contributed by atoms with Crippen molar-refractivity contribution in [2.75, 3.05) is 18.5 Å². The first kappa shape index (κ1) is 20.4. The molecule has 0 aliphatic carbocycles. The maximum atomic E-state index is 12.6. The summed E-state index contributed by atoms with van der Waals surface area (Å²) in [5.74, 6) is 0.485. The molecule has 4 aromatic heterocycles. The molecule has 0 aromatic carbocycles. The number of aliphatic hydroxyl groups is 2. The average molecular weight is 419 g/mol. The van der Waals surface area contributed by atoms with Crippen molar-refractivity contribution >= 4 is 22.9 Å². The Morgan fingerprint density at radius 1 is 1.19 bits per heavy atom. The van der Waals surface area contributed by atoms with Crippen LogP contribution in [-0.4, -0.2) is 59.9 Å². The highest BCUT2D eigenvalue weighted by molar-refractivity contribution is 6.00. The number of aliphatic hydroxyl groups excluding tert-OH is 2. The van der Waals surface area contributed by atoms with Gasteiger partial charge in [0.1, 0.15) is 11.2 Å². The van der Waals surface area contributed by atoms with Gasteiger partial charge in [-0.15, -0.1) is 5.10 Å². The Morgan fingerprint density at radius 2 is 2.06 bits per heavy atom. The molecule has 0 aliphatic heterocycles. The van der Waals surface area contributed by atoms with Crippen LogP contribution in [0.4, 0.5) is 11.5 Å². The number of rotatable bonds is 7. The van der Waals surface area contributed by atoms with E-state index in [1.54, 1.807) is 23.0 Å². The molecule has 4 rings (SSSR count). The van der Waals surface area contributed by atoms with Crippen molar-refractivity contribution in [3.63, 3.8) is 0 Å². The monoisotopic (exact) mass is 419 g/mol. The van der Waals surface area contributed by atoms with Crippen molar-refractivity contribution < 1.29 is 15.0 Å². The summed E-state index contributed by atoms with van der Waals surface area (Å²) in [7, 11) is 0. The Morgan fingerprint density at radius 3 is 2.87 bits per heavy atom. The fourth-order valence-electron chi connectivity index (χ4n) is 2.98. The van der Waals surface area contributed by atoms with Crippen molar-refractivity contribution in [2.45, 2.75) is 13.0 Å². The third-order valence-corrected chi connectivity index (χ3v) is 4.54. The molecule has 1 atom stereocenters. The van der Waals surface area contributed by atoms with Crippen LogP contribution < -0.4 is 10.6 Å². The molecule has 4 N–H and O–H groups in total. The standard InChI is InChI=1S/C21H21N7O3/c1-13-4-2-5-17(24-13)19-26-20(18-6-3-9-28(18)27-19)25-16-7-8-22-11-15(16)21(31)23-10-14(30)12-29/h2-9,11,14,29-30H,10,12H2,1H3,(H,23,31)(H,22,25,26,27)/t14-/m0/s1. The molecule has 1 amide bonds. The fourth-order valence-corrected chi connectivity index (χ4v) is 2.98. The van der Waals surface area contributed by atoms with Crippen molar-refractivity contribution in [2.24, 2.45) is 0 Å². The lowest BCUT2D eigenvalue weighted by atomic mass is 10.2. The molecule has 0 saturated carbocycles. The number of nitrogens with one attached hydrogen (secondary N) is 2. The zero-order valence-electron chi connectivity index (χ0n) is 16.7. The van der Waals surface area contributed by atoms with E-state index in [1.165, 1.54) is 6.20 Å². The van der Waals surface area contributed by atoms with E-state index in [0.29, 0.717) is 23.0 Å². The van der Waals surface area contributed by atoms with Gasteiger partial charge in [-0.05, 0) is 37.3 Å². The molecular weight excluding hydrogens is 398 g/mol. The molecule has 0 fully saturated rings. The van der Waals surface area contributed by atoms with Gasteiger partial charge in [-0.3, -0.25) is 9.78 Å². The Labute approximate surface area is 177 Å². The summed E-state index contributed by atoms with van der Waals surface area (Å²) in [6.45, 7) is 1.37. The first-order valence-corrected chi connectivity index (χ1v) is 9.62.